The van der Waals surface area contributed by atoms with Gasteiger partial charge in [-0.15, -0.1) is 11.3 Å². The Balaban J connectivity index is 1.71. The van der Waals surface area contributed by atoms with Crippen LogP contribution < -0.4 is 11.1 Å². The molecule has 1 fully saturated rings. The van der Waals surface area contributed by atoms with Gasteiger partial charge in [-0.1, -0.05) is 6.92 Å². The van der Waals surface area contributed by atoms with Gasteiger partial charge in [-0.2, -0.15) is 0 Å². The van der Waals surface area contributed by atoms with Crippen LogP contribution >= 0.6 is 11.3 Å². The van der Waals surface area contributed by atoms with Gasteiger partial charge in [-0.05, 0) is 25.3 Å². The van der Waals surface area contributed by atoms with Crippen molar-refractivity contribution in [2.24, 2.45) is 11.7 Å². The Bertz CT molecular complexity index is 421. The Labute approximate surface area is 118 Å². The third-order valence-electron chi connectivity index (χ3n) is 3.41. The van der Waals surface area contributed by atoms with Gasteiger partial charge in [0, 0.05) is 31.6 Å². The zero-order chi connectivity index (χ0) is 13.7. The van der Waals surface area contributed by atoms with Crippen LogP contribution in [0.3, 0.4) is 0 Å². The van der Waals surface area contributed by atoms with Gasteiger partial charge in [0.2, 0.25) is 0 Å². The van der Waals surface area contributed by atoms with E-state index in [1.54, 1.807) is 5.38 Å². The van der Waals surface area contributed by atoms with Crippen molar-refractivity contribution < 1.29 is 4.79 Å². The van der Waals surface area contributed by atoms with E-state index >= 15 is 0 Å². The molecule has 1 saturated heterocycles. The zero-order valence-electron chi connectivity index (χ0n) is 11.4. The van der Waals surface area contributed by atoms with Gasteiger partial charge >= 0.3 is 0 Å². The number of carbonyl (C=O) groups is 1. The molecule has 1 aromatic rings. The van der Waals surface area contributed by atoms with Crippen molar-refractivity contribution in [2.75, 3.05) is 26.2 Å². The van der Waals surface area contributed by atoms with E-state index in [4.69, 9.17) is 5.73 Å². The van der Waals surface area contributed by atoms with Gasteiger partial charge in [-0.25, -0.2) is 4.98 Å². The van der Waals surface area contributed by atoms with Crippen LogP contribution in [0.15, 0.2) is 5.38 Å². The molecule has 1 aromatic heterocycles. The molecule has 19 heavy (non-hydrogen) atoms. The number of nitrogens with one attached hydrogen (secondary N) is 1. The zero-order valence-corrected chi connectivity index (χ0v) is 12.2. The van der Waals surface area contributed by atoms with E-state index in [-0.39, 0.29) is 5.91 Å². The van der Waals surface area contributed by atoms with Gasteiger partial charge < -0.3 is 16.0 Å². The maximum atomic E-state index is 11.9. The molecule has 0 saturated carbocycles. The summed E-state index contributed by atoms with van der Waals surface area (Å²) in [6.45, 7) is 6.57. The number of carbonyl (C=O) groups excluding carboxylic acids is 1. The molecular weight excluding hydrogens is 260 g/mol. The predicted octanol–water partition coefficient (Wildman–Crippen LogP) is 1.06. The molecule has 0 aromatic carbocycles. The average molecular weight is 282 g/mol. The van der Waals surface area contributed by atoms with Crippen molar-refractivity contribution in [3.05, 3.63) is 16.1 Å². The third-order valence-corrected chi connectivity index (χ3v) is 4.28. The molecule has 1 atom stereocenters. The molecule has 0 bridgehead atoms. The minimum absolute atomic E-state index is 0.0963. The smallest absolute Gasteiger partial charge is 0.270 e. The normalized spacial score (nSPS) is 20.4. The standard InChI is InChI=1S/C13H22N4OS/c1-10-3-2-5-17(8-10)6-4-15-13(18)11-9-19-12(7-14)16-11/h9-10H,2-8,14H2,1H3,(H,15,18). The number of hydrogen-bond donors (Lipinski definition) is 2. The monoisotopic (exact) mass is 282 g/mol. The summed E-state index contributed by atoms with van der Waals surface area (Å²) in [4.78, 5) is 18.4. The predicted molar refractivity (Wildman–Crippen MR) is 77.2 cm³/mol. The molecule has 0 spiro atoms. The van der Waals surface area contributed by atoms with Crippen LogP contribution in [-0.2, 0) is 6.54 Å². The lowest BCUT2D eigenvalue weighted by Gasteiger charge is -2.30. The minimum Gasteiger partial charge on any atom is -0.349 e. The molecule has 6 heteroatoms. The number of piperidine rings is 1. The van der Waals surface area contributed by atoms with Crippen molar-refractivity contribution >= 4 is 17.2 Å². The highest BCUT2D eigenvalue weighted by Crippen LogP contribution is 2.14. The average Bonchev–Trinajstić information content (AvgIpc) is 2.87. The summed E-state index contributed by atoms with van der Waals surface area (Å²) in [5.41, 5.74) is 5.97. The molecule has 1 aliphatic rings. The number of likely N-dealkylation sites (tertiary alicyclic amines) is 1. The van der Waals surface area contributed by atoms with Gasteiger partial charge in [-0.3, -0.25) is 4.79 Å². The Kier molecular flexibility index (Phi) is 5.30. The Morgan fingerprint density at radius 1 is 1.68 bits per heavy atom. The Morgan fingerprint density at radius 2 is 2.53 bits per heavy atom. The highest BCUT2D eigenvalue weighted by atomic mass is 32.1. The number of nitrogens with zero attached hydrogens (tertiary/aromatic N) is 2. The molecule has 1 aliphatic heterocycles. The lowest BCUT2D eigenvalue weighted by atomic mass is 10.0. The second-order valence-electron chi connectivity index (χ2n) is 5.13. The number of rotatable bonds is 5. The second kappa shape index (κ2) is 6.98. The maximum absolute atomic E-state index is 11.9. The van der Waals surface area contributed by atoms with Crippen molar-refractivity contribution in [2.45, 2.75) is 26.3 Å². The highest BCUT2D eigenvalue weighted by molar-refractivity contribution is 7.09. The lowest BCUT2D eigenvalue weighted by molar-refractivity contribution is 0.0939. The van der Waals surface area contributed by atoms with E-state index in [0.717, 1.165) is 30.6 Å². The molecule has 1 amide bonds. The van der Waals surface area contributed by atoms with E-state index in [9.17, 15) is 4.79 Å². The lowest BCUT2D eigenvalue weighted by Crippen LogP contribution is -2.40. The van der Waals surface area contributed by atoms with Gasteiger partial charge in [0.1, 0.15) is 10.7 Å². The van der Waals surface area contributed by atoms with E-state index in [1.807, 2.05) is 0 Å². The molecule has 1 unspecified atom stereocenters. The molecule has 0 radical (unpaired) electrons. The van der Waals surface area contributed by atoms with Crippen molar-refractivity contribution in [1.29, 1.82) is 0 Å². The topological polar surface area (TPSA) is 71.2 Å². The molecule has 5 nitrogen and oxygen atoms in total. The molecule has 2 heterocycles. The first kappa shape index (κ1) is 14.4. The van der Waals surface area contributed by atoms with Crippen molar-refractivity contribution in [1.82, 2.24) is 15.2 Å². The first-order valence-electron chi connectivity index (χ1n) is 6.84. The fraction of sp³-hybridized carbons (Fsp3) is 0.692. The largest absolute Gasteiger partial charge is 0.349 e. The maximum Gasteiger partial charge on any atom is 0.270 e. The minimum atomic E-state index is -0.0963. The Morgan fingerprint density at radius 3 is 3.21 bits per heavy atom. The third kappa shape index (κ3) is 4.26. The Hall–Kier alpha value is -0.980. The van der Waals surface area contributed by atoms with Crippen LogP contribution in [0.25, 0.3) is 0 Å². The molecule has 3 N–H and O–H groups in total. The van der Waals surface area contributed by atoms with Crippen molar-refractivity contribution in [3.8, 4) is 0 Å². The molecule has 106 valence electrons. The van der Waals surface area contributed by atoms with Crippen LogP contribution in [0.1, 0.15) is 35.3 Å². The molecule has 2 rings (SSSR count). The first-order valence-corrected chi connectivity index (χ1v) is 7.72. The van der Waals surface area contributed by atoms with E-state index in [1.165, 1.54) is 24.2 Å². The van der Waals surface area contributed by atoms with Crippen LogP contribution in [0, 0.1) is 5.92 Å². The molecular formula is C13H22N4OS. The van der Waals surface area contributed by atoms with Crippen molar-refractivity contribution in [3.63, 3.8) is 0 Å². The number of aromatic nitrogens is 1. The fourth-order valence-electron chi connectivity index (χ4n) is 2.42. The summed E-state index contributed by atoms with van der Waals surface area (Å²) in [7, 11) is 0. The number of nitrogens with two attached hydrogens (primary N) is 1. The first-order chi connectivity index (χ1) is 9.19. The van der Waals surface area contributed by atoms with Crippen LogP contribution in [0.2, 0.25) is 0 Å². The SMILES string of the molecule is CC1CCCN(CCNC(=O)c2csc(CN)n2)C1. The van der Waals surface area contributed by atoms with Crippen LogP contribution in [-0.4, -0.2) is 42.0 Å². The number of thiazole rings is 1. The van der Waals surface area contributed by atoms with Gasteiger partial charge in [0.15, 0.2) is 0 Å². The summed E-state index contributed by atoms with van der Waals surface area (Å²) < 4.78 is 0. The molecule has 0 aliphatic carbocycles. The fourth-order valence-corrected chi connectivity index (χ4v) is 3.07. The van der Waals surface area contributed by atoms with Gasteiger partial charge in [0.05, 0.1) is 0 Å². The summed E-state index contributed by atoms with van der Waals surface area (Å²) in [6, 6.07) is 0. The van der Waals surface area contributed by atoms with E-state index < -0.39 is 0 Å². The summed E-state index contributed by atoms with van der Waals surface area (Å²) in [6.07, 6.45) is 2.59. The van der Waals surface area contributed by atoms with E-state index in [2.05, 4.69) is 22.1 Å². The van der Waals surface area contributed by atoms with E-state index in [0.29, 0.717) is 18.8 Å². The summed E-state index contributed by atoms with van der Waals surface area (Å²) >= 11 is 1.43. The highest BCUT2D eigenvalue weighted by Gasteiger charge is 2.16. The second-order valence-corrected chi connectivity index (χ2v) is 6.08. The number of hydrogen-bond acceptors (Lipinski definition) is 5. The number of amides is 1. The summed E-state index contributed by atoms with van der Waals surface area (Å²) in [5, 5.41) is 5.49. The van der Waals surface area contributed by atoms with Crippen LogP contribution in [0.4, 0.5) is 0 Å². The van der Waals surface area contributed by atoms with Gasteiger partial charge in [0.25, 0.3) is 5.91 Å². The summed E-state index contributed by atoms with van der Waals surface area (Å²) in [5.74, 6) is 0.677. The van der Waals surface area contributed by atoms with Crippen LogP contribution in [0.5, 0.6) is 0 Å². The quantitative estimate of drug-likeness (QED) is 0.847.